The largest absolute Gasteiger partial charge is 0.398 e. The van der Waals surface area contributed by atoms with Gasteiger partial charge < -0.3 is 16.4 Å². The Morgan fingerprint density at radius 3 is 3.05 bits per heavy atom. The molecule has 0 saturated carbocycles. The van der Waals surface area contributed by atoms with Gasteiger partial charge in [0.2, 0.25) is 11.8 Å². The smallest absolute Gasteiger partial charge is 0.238 e. The van der Waals surface area contributed by atoms with E-state index in [4.69, 9.17) is 5.73 Å². The maximum absolute atomic E-state index is 12.0. The second-order valence-corrected chi connectivity index (χ2v) is 5.03. The van der Waals surface area contributed by atoms with Gasteiger partial charge in [0.25, 0.3) is 0 Å². The summed E-state index contributed by atoms with van der Waals surface area (Å²) in [6.45, 7) is 3.80. The zero-order valence-electron chi connectivity index (χ0n) is 11.6. The molecule has 0 bridgehead atoms. The van der Waals surface area contributed by atoms with E-state index in [9.17, 15) is 9.59 Å². The first-order valence-corrected chi connectivity index (χ1v) is 6.69. The van der Waals surface area contributed by atoms with Gasteiger partial charge in [-0.2, -0.15) is 0 Å². The maximum Gasteiger partial charge on any atom is 0.238 e. The second-order valence-electron chi connectivity index (χ2n) is 5.03. The van der Waals surface area contributed by atoms with Crippen LogP contribution in [0.5, 0.6) is 0 Å². The quantitative estimate of drug-likeness (QED) is 0.695. The third kappa shape index (κ3) is 3.96. The summed E-state index contributed by atoms with van der Waals surface area (Å²) >= 11 is 0. The lowest BCUT2D eigenvalue weighted by Gasteiger charge is -2.17. The molecule has 6 nitrogen and oxygen atoms in total. The Balaban J connectivity index is 1.91. The summed E-state index contributed by atoms with van der Waals surface area (Å²) in [4.78, 5) is 25.2. The fourth-order valence-electron chi connectivity index (χ4n) is 2.13. The highest BCUT2D eigenvalue weighted by molar-refractivity contribution is 5.93. The van der Waals surface area contributed by atoms with Crippen LogP contribution in [0.3, 0.4) is 0 Å². The van der Waals surface area contributed by atoms with Crippen LogP contribution >= 0.6 is 0 Å². The molecule has 0 atom stereocenters. The molecule has 1 aromatic rings. The standard InChI is InChI=1S/C14H20N4O2/c1-10-3-4-11(7-12(10)15)17-14(20)9-18-6-2-5-16-13(19)8-18/h3-4,7H,2,5-6,8-9,15H2,1H3,(H,16,19)(H,17,20). The summed E-state index contributed by atoms with van der Waals surface area (Å²) < 4.78 is 0. The lowest BCUT2D eigenvalue weighted by Crippen LogP contribution is -2.38. The zero-order chi connectivity index (χ0) is 14.5. The number of hydrogen-bond donors (Lipinski definition) is 3. The molecule has 1 aliphatic heterocycles. The Morgan fingerprint density at radius 1 is 1.50 bits per heavy atom. The van der Waals surface area contributed by atoms with Gasteiger partial charge in [0.05, 0.1) is 13.1 Å². The number of hydrogen-bond acceptors (Lipinski definition) is 4. The number of aryl methyl sites for hydroxylation is 1. The lowest BCUT2D eigenvalue weighted by atomic mass is 10.2. The molecule has 1 heterocycles. The van der Waals surface area contributed by atoms with Gasteiger partial charge in [-0.3, -0.25) is 14.5 Å². The summed E-state index contributed by atoms with van der Waals surface area (Å²) in [6.07, 6.45) is 0.858. The van der Waals surface area contributed by atoms with E-state index in [0.29, 0.717) is 17.9 Å². The van der Waals surface area contributed by atoms with E-state index in [2.05, 4.69) is 10.6 Å². The molecule has 0 spiro atoms. The fraction of sp³-hybridized carbons (Fsp3) is 0.429. The minimum Gasteiger partial charge on any atom is -0.398 e. The van der Waals surface area contributed by atoms with Crippen LogP contribution in [0.2, 0.25) is 0 Å². The summed E-state index contributed by atoms with van der Waals surface area (Å²) in [5.41, 5.74) is 8.11. The number of nitrogen functional groups attached to an aromatic ring is 1. The molecule has 1 aromatic carbocycles. The van der Waals surface area contributed by atoms with Gasteiger partial charge in [0, 0.05) is 24.5 Å². The van der Waals surface area contributed by atoms with Crippen LogP contribution in [0.4, 0.5) is 11.4 Å². The number of benzene rings is 1. The number of nitrogens with one attached hydrogen (secondary N) is 2. The number of anilines is 2. The van der Waals surface area contributed by atoms with Crippen LogP contribution in [0.25, 0.3) is 0 Å². The average Bonchev–Trinajstić information content (AvgIpc) is 2.58. The average molecular weight is 276 g/mol. The summed E-state index contributed by atoms with van der Waals surface area (Å²) in [5, 5.41) is 5.58. The zero-order valence-corrected chi connectivity index (χ0v) is 11.6. The molecular formula is C14H20N4O2. The molecular weight excluding hydrogens is 256 g/mol. The number of rotatable bonds is 3. The van der Waals surface area contributed by atoms with Gasteiger partial charge in [0.15, 0.2) is 0 Å². The molecule has 4 N–H and O–H groups in total. The van der Waals surface area contributed by atoms with E-state index in [-0.39, 0.29) is 24.9 Å². The van der Waals surface area contributed by atoms with Crippen LogP contribution in [-0.4, -0.2) is 42.9 Å². The van der Waals surface area contributed by atoms with Gasteiger partial charge in [-0.05, 0) is 31.0 Å². The van der Waals surface area contributed by atoms with E-state index in [0.717, 1.165) is 18.5 Å². The Kier molecular flexibility index (Phi) is 4.57. The second kappa shape index (κ2) is 6.38. The molecule has 0 radical (unpaired) electrons. The Labute approximate surface area is 118 Å². The Morgan fingerprint density at radius 2 is 2.30 bits per heavy atom. The highest BCUT2D eigenvalue weighted by atomic mass is 16.2. The first-order chi connectivity index (χ1) is 9.54. The molecule has 20 heavy (non-hydrogen) atoms. The van der Waals surface area contributed by atoms with Crippen molar-refractivity contribution in [3.63, 3.8) is 0 Å². The minimum atomic E-state index is -0.136. The number of carbonyl (C=O) groups is 2. The van der Waals surface area contributed by atoms with E-state index in [1.807, 2.05) is 24.0 Å². The highest BCUT2D eigenvalue weighted by Crippen LogP contribution is 2.16. The molecule has 0 aromatic heterocycles. The van der Waals surface area contributed by atoms with Gasteiger partial charge in [-0.1, -0.05) is 6.07 Å². The van der Waals surface area contributed by atoms with Gasteiger partial charge in [0.1, 0.15) is 0 Å². The number of carbonyl (C=O) groups excluding carboxylic acids is 2. The van der Waals surface area contributed by atoms with Crippen LogP contribution in [0.1, 0.15) is 12.0 Å². The minimum absolute atomic E-state index is 0.0325. The highest BCUT2D eigenvalue weighted by Gasteiger charge is 2.17. The van der Waals surface area contributed by atoms with Crippen molar-refractivity contribution in [1.29, 1.82) is 0 Å². The van der Waals surface area contributed by atoms with Crippen molar-refractivity contribution in [3.05, 3.63) is 23.8 Å². The van der Waals surface area contributed by atoms with Crippen molar-refractivity contribution in [2.75, 3.05) is 37.2 Å². The van der Waals surface area contributed by atoms with Crippen molar-refractivity contribution in [1.82, 2.24) is 10.2 Å². The van der Waals surface area contributed by atoms with Crippen molar-refractivity contribution >= 4 is 23.2 Å². The summed E-state index contributed by atoms with van der Waals surface area (Å²) in [5.74, 6) is -0.169. The van der Waals surface area contributed by atoms with Crippen LogP contribution in [0.15, 0.2) is 18.2 Å². The van der Waals surface area contributed by atoms with E-state index >= 15 is 0 Å². The van der Waals surface area contributed by atoms with Crippen molar-refractivity contribution in [3.8, 4) is 0 Å². The van der Waals surface area contributed by atoms with E-state index < -0.39 is 0 Å². The Bertz CT molecular complexity index is 516. The first-order valence-electron chi connectivity index (χ1n) is 6.69. The molecule has 2 rings (SSSR count). The van der Waals surface area contributed by atoms with Crippen LogP contribution < -0.4 is 16.4 Å². The van der Waals surface area contributed by atoms with Gasteiger partial charge in [-0.25, -0.2) is 0 Å². The van der Waals surface area contributed by atoms with Gasteiger partial charge in [-0.15, -0.1) is 0 Å². The maximum atomic E-state index is 12.0. The normalized spacial score (nSPS) is 16.4. The molecule has 2 amide bonds. The molecule has 0 aliphatic carbocycles. The molecule has 1 fully saturated rings. The predicted octanol–water partition coefficient (Wildman–Crippen LogP) is 0.338. The molecule has 1 saturated heterocycles. The fourth-order valence-corrected chi connectivity index (χ4v) is 2.13. The van der Waals surface area contributed by atoms with Crippen LogP contribution in [0, 0.1) is 6.92 Å². The van der Waals surface area contributed by atoms with Gasteiger partial charge >= 0.3 is 0 Å². The van der Waals surface area contributed by atoms with E-state index in [1.54, 1.807) is 6.07 Å². The Hall–Kier alpha value is -2.08. The third-order valence-electron chi connectivity index (χ3n) is 3.27. The van der Waals surface area contributed by atoms with Crippen molar-refractivity contribution < 1.29 is 9.59 Å². The molecule has 0 unspecified atom stereocenters. The molecule has 1 aliphatic rings. The van der Waals surface area contributed by atoms with Crippen molar-refractivity contribution in [2.24, 2.45) is 0 Å². The summed E-state index contributed by atoms with van der Waals surface area (Å²) in [7, 11) is 0. The first kappa shape index (κ1) is 14.3. The number of nitrogens with two attached hydrogens (primary N) is 1. The number of amides is 2. The summed E-state index contributed by atoms with van der Waals surface area (Å²) in [6, 6.07) is 5.42. The number of nitrogens with zero attached hydrogens (tertiary/aromatic N) is 1. The predicted molar refractivity (Wildman–Crippen MR) is 78.3 cm³/mol. The van der Waals surface area contributed by atoms with Crippen molar-refractivity contribution in [2.45, 2.75) is 13.3 Å². The van der Waals surface area contributed by atoms with E-state index in [1.165, 1.54) is 0 Å². The monoisotopic (exact) mass is 276 g/mol. The molecule has 6 heteroatoms. The lowest BCUT2D eigenvalue weighted by molar-refractivity contribution is -0.122. The van der Waals surface area contributed by atoms with Crippen LogP contribution in [-0.2, 0) is 9.59 Å². The topological polar surface area (TPSA) is 87.5 Å². The molecule has 108 valence electrons. The third-order valence-corrected chi connectivity index (χ3v) is 3.27. The SMILES string of the molecule is Cc1ccc(NC(=O)CN2CCCNC(=O)C2)cc1N.